The SMILES string of the molecule is COC1CCNC(Cc2ccccc2)C1. The zero-order chi connectivity index (χ0) is 10.5. The summed E-state index contributed by atoms with van der Waals surface area (Å²) in [6.45, 7) is 1.08. The highest BCUT2D eigenvalue weighted by Gasteiger charge is 2.20. The predicted molar refractivity (Wildman–Crippen MR) is 62.0 cm³/mol. The Labute approximate surface area is 91.6 Å². The molecule has 1 N–H and O–H groups in total. The van der Waals surface area contributed by atoms with E-state index in [1.54, 1.807) is 0 Å². The molecular weight excluding hydrogens is 186 g/mol. The molecule has 1 aliphatic rings. The van der Waals surface area contributed by atoms with Gasteiger partial charge < -0.3 is 10.1 Å². The lowest BCUT2D eigenvalue weighted by Gasteiger charge is -2.29. The molecule has 1 aromatic carbocycles. The highest BCUT2D eigenvalue weighted by molar-refractivity contribution is 5.16. The van der Waals surface area contributed by atoms with E-state index in [0.717, 1.165) is 25.8 Å². The number of hydrogen-bond donors (Lipinski definition) is 1. The Morgan fingerprint density at radius 3 is 2.87 bits per heavy atom. The van der Waals surface area contributed by atoms with Crippen LogP contribution in [0.1, 0.15) is 18.4 Å². The lowest BCUT2D eigenvalue weighted by Crippen LogP contribution is -2.42. The molecule has 1 aromatic rings. The van der Waals surface area contributed by atoms with Gasteiger partial charge in [-0.1, -0.05) is 30.3 Å². The summed E-state index contributed by atoms with van der Waals surface area (Å²) in [7, 11) is 1.82. The highest BCUT2D eigenvalue weighted by atomic mass is 16.5. The van der Waals surface area contributed by atoms with Crippen LogP contribution < -0.4 is 5.32 Å². The normalized spacial score (nSPS) is 26.5. The van der Waals surface area contributed by atoms with E-state index in [1.165, 1.54) is 5.56 Å². The van der Waals surface area contributed by atoms with E-state index in [4.69, 9.17) is 4.74 Å². The summed E-state index contributed by atoms with van der Waals surface area (Å²) in [5.74, 6) is 0. The average Bonchev–Trinajstić information content (AvgIpc) is 2.31. The molecule has 0 aliphatic carbocycles. The van der Waals surface area contributed by atoms with Gasteiger partial charge in [0.15, 0.2) is 0 Å². The molecule has 0 saturated carbocycles. The summed E-state index contributed by atoms with van der Waals surface area (Å²) >= 11 is 0. The third-order valence-corrected chi connectivity index (χ3v) is 3.10. The number of rotatable bonds is 3. The predicted octanol–water partition coefficient (Wildman–Crippen LogP) is 2.00. The first-order valence-electron chi connectivity index (χ1n) is 5.68. The van der Waals surface area contributed by atoms with E-state index < -0.39 is 0 Å². The minimum atomic E-state index is 0.444. The number of hydrogen-bond acceptors (Lipinski definition) is 2. The first-order valence-corrected chi connectivity index (χ1v) is 5.68. The van der Waals surface area contributed by atoms with Crippen LogP contribution in [-0.2, 0) is 11.2 Å². The molecule has 0 amide bonds. The monoisotopic (exact) mass is 205 g/mol. The molecule has 1 aliphatic heterocycles. The Morgan fingerprint density at radius 1 is 1.33 bits per heavy atom. The lowest BCUT2D eigenvalue weighted by atomic mass is 9.96. The van der Waals surface area contributed by atoms with Gasteiger partial charge in [-0.05, 0) is 31.4 Å². The molecule has 0 radical (unpaired) electrons. The Morgan fingerprint density at radius 2 is 2.13 bits per heavy atom. The molecule has 1 heterocycles. The maximum Gasteiger partial charge on any atom is 0.0598 e. The average molecular weight is 205 g/mol. The summed E-state index contributed by atoms with van der Waals surface area (Å²) in [6.07, 6.45) is 3.83. The summed E-state index contributed by atoms with van der Waals surface area (Å²) in [6, 6.07) is 11.2. The van der Waals surface area contributed by atoms with E-state index in [1.807, 2.05) is 7.11 Å². The maximum atomic E-state index is 5.42. The van der Waals surface area contributed by atoms with Crippen LogP contribution in [0, 0.1) is 0 Å². The third kappa shape index (κ3) is 3.05. The van der Waals surface area contributed by atoms with Crippen molar-refractivity contribution < 1.29 is 4.74 Å². The van der Waals surface area contributed by atoms with Crippen molar-refractivity contribution in [3.05, 3.63) is 35.9 Å². The summed E-state index contributed by atoms with van der Waals surface area (Å²) < 4.78 is 5.42. The van der Waals surface area contributed by atoms with Crippen molar-refractivity contribution in [1.29, 1.82) is 0 Å². The number of nitrogens with one attached hydrogen (secondary N) is 1. The molecule has 82 valence electrons. The Hall–Kier alpha value is -0.860. The van der Waals surface area contributed by atoms with Gasteiger partial charge in [-0.15, -0.1) is 0 Å². The van der Waals surface area contributed by atoms with Crippen molar-refractivity contribution in [1.82, 2.24) is 5.32 Å². The minimum Gasteiger partial charge on any atom is -0.381 e. The molecule has 0 bridgehead atoms. The first kappa shape index (κ1) is 10.7. The van der Waals surface area contributed by atoms with E-state index in [2.05, 4.69) is 35.6 Å². The minimum absolute atomic E-state index is 0.444. The van der Waals surface area contributed by atoms with Crippen LogP contribution in [0.5, 0.6) is 0 Å². The smallest absolute Gasteiger partial charge is 0.0598 e. The van der Waals surface area contributed by atoms with Crippen molar-refractivity contribution in [2.45, 2.75) is 31.4 Å². The first-order chi connectivity index (χ1) is 7.38. The molecule has 2 atom stereocenters. The van der Waals surface area contributed by atoms with Gasteiger partial charge in [0, 0.05) is 13.2 Å². The van der Waals surface area contributed by atoms with E-state index in [0.29, 0.717) is 12.1 Å². The summed E-state index contributed by atoms with van der Waals surface area (Å²) in [5, 5.41) is 3.55. The third-order valence-electron chi connectivity index (χ3n) is 3.10. The van der Waals surface area contributed by atoms with Crippen LogP contribution in [0.4, 0.5) is 0 Å². The summed E-state index contributed by atoms with van der Waals surface area (Å²) in [5.41, 5.74) is 1.41. The van der Waals surface area contributed by atoms with E-state index >= 15 is 0 Å². The molecule has 0 spiro atoms. The number of piperidine rings is 1. The zero-order valence-electron chi connectivity index (χ0n) is 9.28. The Bertz CT molecular complexity index is 286. The molecule has 2 nitrogen and oxygen atoms in total. The van der Waals surface area contributed by atoms with E-state index in [-0.39, 0.29) is 0 Å². The van der Waals surface area contributed by atoms with Crippen LogP contribution in [0.3, 0.4) is 0 Å². The number of ether oxygens (including phenoxy) is 1. The number of benzene rings is 1. The maximum absolute atomic E-state index is 5.42. The topological polar surface area (TPSA) is 21.3 Å². The van der Waals surface area contributed by atoms with Crippen LogP contribution in [0.2, 0.25) is 0 Å². The second kappa shape index (κ2) is 5.29. The van der Waals surface area contributed by atoms with Gasteiger partial charge in [0.05, 0.1) is 6.10 Å². The van der Waals surface area contributed by atoms with Crippen LogP contribution in [0.15, 0.2) is 30.3 Å². The van der Waals surface area contributed by atoms with Crippen LogP contribution in [-0.4, -0.2) is 25.8 Å². The summed E-state index contributed by atoms with van der Waals surface area (Å²) in [4.78, 5) is 0. The molecule has 15 heavy (non-hydrogen) atoms. The molecule has 1 fully saturated rings. The Kier molecular flexibility index (Phi) is 3.75. The van der Waals surface area contributed by atoms with Crippen LogP contribution in [0.25, 0.3) is 0 Å². The highest BCUT2D eigenvalue weighted by Crippen LogP contribution is 2.15. The van der Waals surface area contributed by atoms with Gasteiger partial charge in [-0.25, -0.2) is 0 Å². The Balaban J connectivity index is 1.89. The largest absolute Gasteiger partial charge is 0.381 e. The molecule has 2 unspecified atom stereocenters. The zero-order valence-corrected chi connectivity index (χ0v) is 9.28. The second-order valence-electron chi connectivity index (χ2n) is 4.22. The standard InChI is InChI=1S/C13H19NO/c1-15-13-7-8-14-12(10-13)9-11-5-3-2-4-6-11/h2-6,12-14H,7-10H2,1H3. The fraction of sp³-hybridized carbons (Fsp3) is 0.538. The molecule has 1 saturated heterocycles. The van der Waals surface area contributed by atoms with Crippen molar-refractivity contribution in [3.63, 3.8) is 0 Å². The van der Waals surface area contributed by atoms with Gasteiger partial charge >= 0.3 is 0 Å². The second-order valence-corrected chi connectivity index (χ2v) is 4.22. The van der Waals surface area contributed by atoms with Crippen molar-refractivity contribution in [3.8, 4) is 0 Å². The molecule has 2 heteroatoms. The van der Waals surface area contributed by atoms with Crippen molar-refractivity contribution >= 4 is 0 Å². The number of methoxy groups -OCH3 is 1. The van der Waals surface area contributed by atoms with Gasteiger partial charge in [0.1, 0.15) is 0 Å². The lowest BCUT2D eigenvalue weighted by molar-refractivity contribution is 0.0621. The quantitative estimate of drug-likeness (QED) is 0.815. The van der Waals surface area contributed by atoms with Crippen LogP contribution >= 0.6 is 0 Å². The molecule has 2 rings (SSSR count). The van der Waals surface area contributed by atoms with Gasteiger partial charge in [0.2, 0.25) is 0 Å². The molecule has 0 aromatic heterocycles. The van der Waals surface area contributed by atoms with Gasteiger partial charge in [-0.3, -0.25) is 0 Å². The van der Waals surface area contributed by atoms with Crippen molar-refractivity contribution in [2.24, 2.45) is 0 Å². The van der Waals surface area contributed by atoms with Crippen molar-refractivity contribution in [2.75, 3.05) is 13.7 Å². The fourth-order valence-corrected chi connectivity index (χ4v) is 2.24. The molecular formula is C13H19NO. The fourth-order valence-electron chi connectivity index (χ4n) is 2.24. The van der Waals surface area contributed by atoms with E-state index in [9.17, 15) is 0 Å². The van der Waals surface area contributed by atoms with Gasteiger partial charge in [0.25, 0.3) is 0 Å². The van der Waals surface area contributed by atoms with Gasteiger partial charge in [-0.2, -0.15) is 0 Å².